The van der Waals surface area contributed by atoms with E-state index in [0.717, 1.165) is 0 Å². The Morgan fingerprint density at radius 2 is 1.50 bits per heavy atom. The molecule has 18 heavy (non-hydrogen) atoms. The number of carbonyl (C=O) groups excluding carboxylic acids is 1. The predicted molar refractivity (Wildman–Crippen MR) is 62.6 cm³/mol. The quantitative estimate of drug-likeness (QED) is 0.393. The van der Waals surface area contributed by atoms with Gasteiger partial charge in [0, 0.05) is 0 Å². The van der Waals surface area contributed by atoms with Crippen molar-refractivity contribution in [2.75, 3.05) is 0 Å². The van der Waals surface area contributed by atoms with Crippen molar-refractivity contribution >= 4 is 12.2 Å². The van der Waals surface area contributed by atoms with Crippen molar-refractivity contribution in [3.8, 4) is 0 Å². The Bertz CT molecular complexity index is 277. The van der Waals surface area contributed by atoms with Crippen LogP contribution >= 0.6 is 0 Å². The minimum atomic E-state index is -1.33. The van der Waals surface area contributed by atoms with Crippen LogP contribution in [0.4, 0.5) is 9.59 Å². The molecule has 0 saturated heterocycles. The molecule has 0 aromatic heterocycles. The highest BCUT2D eigenvalue weighted by Gasteiger charge is 2.23. The Kier molecular flexibility index (Phi) is 7.34. The minimum absolute atomic E-state index is 0.271. The van der Waals surface area contributed by atoms with Crippen molar-refractivity contribution < 1.29 is 29.8 Å². The largest absolute Gasteiger partial charge is 0.463 e. The summed E-state index contributed by atoms with van der Waals surface area (Å²) in [7, 11) is 0. The molecule has 0 radical (unpaired) electrons. The summed E-state index contributed by atoms with van der Waals surface area (Å²) in [6.07, 6.45) is -2.16. The van der Waals surface area contributed by atoms with Crippen molar-refractivity contribution in [3.05, 3.63) is 0 Å². The lowest BCUT2D eigenvalue weighted by Gasteiger charge is -2.25. The molecular formula is C10H22N2O6. The molecule has 0 bridgehead atoms. The van der Waals surface area contributed by atoms with Crippen LogP contribution < -0.4 is 5.48 Å². The van der Waals surface area contributed by atoms with Crippen LogP contribution in [0.1, 0.15) is 41.5 Å². The maximum atomic E-state index is 10.2. The van der Waals surface area contributed by atoms with Crippen LogP contribution in [0, 0.1) is 0 Å². The Morgan fingerprint density at radius 1 is 1.11 bits per heavy atom. The third kappa shape index (κ3) is 11.0. The van der Waals surface area contributed by atoms with Gasteiger partial charge in [-0.05, 0) is 41.5 Å². The fraction of sp³-hybridized carbons (Fsp3) is 0.800. The van der Waals surface area contributed by atoms with E-state index < -0.39 is 23.3 Å². The summed E-state index contributed by atoms with van der Waals surface area (Å²) < 4.78 is 4.59. The Morgan fingerprint density at radius 3 is 1.56 bits per heavy atom. The first-order valence-corrected chi connectivity index (χ1v) is 5.16. The van der Waals surface area contributed by atoms with Gasteiger partial charge >= 0.3 is 12.2 Å². The minimum Gasteiger partial charge on any atom is -0.463 e. The molecule has 0 fully saturated rings. The molecule has 0 aromatic rings. The van der Waals surface area contributed by atoms with Crippen molar-refractivity contribution in [2.24, 2.45) is 0 Å². The zero-order valence-corrected chi connectivity index (χ0v) is 11.5. The van der Waals surface area contributed by atoms with Crippen LogP contribution in [-0.2, 0) is 4.74 Å². The van der Waals surface area contributed by atoms with E-state index >= 15 is 0 Å². The number of hydroxylamine groups is 3. The Labute approximate surface area is 106 Å². The number of amides is 2. The molecule has 0 heterocycles. The average molecular weight is 266 g/mol. The fourth-order valence-electron chi connectivity index (χ4n) is 0.588. The van der Waals surface area contributed by atoms with Crippen LogP contribution in [-0.4, -0.2) is 43.9 Å². The van der Waals surface area contributed by atoms with Crippen LogP contribution in [0.2, 0.25) is 0 Å². The first-order valence-electron chi connectivity index (χ1n) is 5.16. The average Bonchev–Trinajstić information content (AvgIpc) is 2.13. The van der Waals surface area contributed by atoms with Crippen molar-refractivity contribution in [1.82, 2.24) is 10.5 Å². The molecule has 8 nitrogen and oxygen atoms in total. The van der Waals surface area contributed by atoms with Gasteiger partial charge in [-0.2, -0.15) is 5.06 Å². The number of hydrogen-bond acceptors (Lipinski definition) is 5. The summed E-state index contributed by atoms with van der Waals surface area (Å²) >= 11 is 0. The molecule has 0 spiro atoms. The molecule has 108 valence electrons. The summed E-state index contributed by atoms with van der Waals surface area (Å²) in [4.78, 5) is 20.3. The highest BCUT2D eigenvalue weighted by molar-refractivity contribution is 5.66. The monoisotopic (exact) mass is 266 g/mol. The summed E-state index contributed by atoms with van der Waals surface area (Å²) in [5.41, 5.74) is 0.0812. The van der Waals surface area contributed by atoms with Crippen LogP contribution in [0.3, 0.4) is 0 Å². The van der Waals surface area contributed by atoms with E-state index in [4.69, 9.17) is 15.5 Å². The molecule has 0 saturated carbocycles. The van der Waals surface area contributed by atoms with Gasteiger partial charge in [0.2, 0.25) is 0 Å². The Hall–Kier alpha value is -1.54. The number of hydrogen-bond donors (Lipinski definition) is 4. The molecular weight excluding hydrogens is 244 g/mol. The van der Waals surface area contributed by atoms with E-state index in [1.165, 1.54) is 5.48 Å². The third-order valence-electron chi connectivity index (χ3n) is 1.31. The van der Waals surface area contributed by atoms with E-state index in [0.29, 0.717) is 0 Å². The van der Waals surface area contributed by atoms with Gasteiger partial charge in [-0.3, -0.25) is 10.4 Å². The fourth-order valence-corrected chi connectivity index (χ4v) is 0.588. The molecule has 0 aromatic carbocycles. The van der Waals surface area contributed by atoms with Gasteiger partial charge in [0.1, 0.15) is 5.60 Å². The maximum Gasteiger partial charge on any atom is 0.431 e. The smallest absolute Gasteiger partial charge is 0.431 e. The number of rotatable bonds is 0. The molecule has 8 heteroatoms. The first-order chi connectivity index (χ1) is 7.81. The lowest BCUT2D eigenvalue weighted by molar-refractivity contribution is -0.123. The van der Waals surface area contributed by atoms with Gasteiger partial charge in [0.05, 0.1) is 5.54 Å². The van der Waals surface area contributed by atoms with Crippen LogP contribution in [0.25, 0.3) is 0 Å². The molecule has 2 amide bonds. The van der Waals surface area contributed by atoms with Gasteiger partial charge in [0.15, 0.2) is 0 Å². The van der Waals surface area contributed by atoms with Gasteiger partial charge < -0.3 is 9.84 Å². The summed E-state index contributed by atoms with van der Waals surface area (Å²) in [6, 6.07) is 0. The number of nitrogens with one attached hydrogen (secondary N) is 1. The van der Waals surface area contributed by atoms with E-state index in [2.05, 4.69) is 4.74 Å². The molecule has 0 aliphatic carbocycles. The lowest BCUT2D eigenvalue weighted by Crippen LogP contribution is -2.42. The summed E-state index contributed by atoms with van der Waals surface area (Å²) in [5, 5.41) is 25.1. The zero-order valence-electron chi connectivity index (χ0n) is 11.5. The van der Waals surface area contributed by atoms with Crippen molar-refractivity contribution in [2.45, 2.75) is 52.7 Å². The topological polar surface area (TPSA) is 119 Å². The summed E-state index contributed by atoms with van der Waals surface area (Å²) in [6.45, 7) is 9.93. The van der Waals surface area contributed by atoms with Crippen LogP contribution in [0.5, 0.6) is 0 Å². The van der Waals surface area contributed by atoms with E-state index in [9.17, 15) is 9.59 Å². The zero-order chi connectivity index (χ0) is 15.1. The van der Waals surface area contributed by atoms with Crippen LogP contribution in [0.15, 0.2) is 0 Å². The third-order valence-corrected chi connectivity index (χ3v) is 1.31. The van der Waals surface area contributed by atoms with E-state index in [-0.39, 0.29) is 5.06 Å². The first kappa shape index (κ1) is 18.8. The molecule has 0 unspecified atom stereocenters. The molecule has 0 atom stereocenters. The number of ether oxygens (including phenoxy) is 1. The number of nitrogens with zero attached hydrogens (tertiary/aromatic N) is 1. The normalized spacial score (nSPS) is 10.9. The van der Waals surface area contributed by atoms with Gasteiger partial charge in [-0.1, -0.05) is 0 Å². The second-order valence-corrected chi connectivity index (χ2v) is 5.38. The van der Waals surface area contributed by atoms with E-state index in [1.807, 2.05) is 0 Å². The van der Waals surface area contributed by atoms with Gasteiger partial charge in [-0.25, -0.2) is 15.1 Å². The molecule has 0 rings (SSSR count). The maximum absolute atomic E-state index is 10.2. The summed E-state index contributed by atoms with van der Waals surface area (Å²) in [5.74, 6) is 0. The van der Waals surface area contributed by atoms with Crippen molar-refractivity contribution in [3.63, 3.8) is 0 Å². The molecule has 0 aliphatic rings. The number of carboxylic acid groups (broad SMARTS) is 1. The van der Waals surface area contributed by atoms with Crippen molar-refractivity contribution in [1.29, 1.82) is 0 Å². The number of carbonyl (C=O) groups is 2. The second kappa shape index (κ2) is 7.02. The SMILES string of the molecule is CC(C)(C)N(O)C(=O)O.CC(C)(C)OC(=O)NO. The highest BCUT2D eigenvalue weighted by Crippen LogP contribution is 2.09. The molecule has 4 N–H and O–H groups in total. The Balaban J connectivity index is 0. The lowest BCUT2D eigenvalue weighted by atomic mass is 10.1. The molecule has 0 aliphatic heterocycles. The second-order valence-electron chi connectivity index (χ2n) is 5.38. The van der Waals surface area contributed by atoms with E-state index in [1.54, 1.807) is 41.5 Å². The van der Waals surface area contributed by atoms with Gasteiger partial charge in [-0.15, -0.1) is 0 Å². The predicted octanol–water partition coefficient (Wildman–Crippen LogP) is 2.05. The standard InChI is InChI=1S/2C5H11NO3/c1-5(2,3)9-4(7)6-8;1-5(2,3)6(9)4(7)8/h8H,1-3H3,(H,6,7);9H,1-3H3,(H,7,8). The highest BCUT2D eigenvalue weighted by atomic mass is 16.6. The van der Waals surface area contributed by atoms with Gasteiger partial charge in [0.25, 0.3) is 0 Å².